The molecule has 6 aromatic rings. The Morgan fingerprint density at radius 2 is 1.89 bits per heavy atom. The van der Waals surface area contributed by atoms with Crippen LogP contribution < -0.4 is 15.8 Å². The number of hydrogen-bond donors (Lipinski definition) is 2. The summed E-state index contributed by atoms with van der Waals surface area (Å²) in [6, 6.07) is 17.2. The van der Waals surface area contributed by atoms with Gasteiger partial charge in [-0.25, -0.2) is 15.0 Å². The Balaban J connectivity index is 1.54. The Morgan fingerprint density at radius 1 is 1.09 bits per heavy atom. The van der Waals surface area contributed by atoms with Crippen LogP contribution in [0.15, 0.2) is 85.5 Å². The fraction of sp³-hybridized carbons (Fsp3) is 0.0909. The van der Waals surface area contributed by atoms with Gasteiger partial charge in [0.2, 0.25) is 0 Å². The van der Waals surface area contributed by atoms with Crippen LogP contribution in [0.2, 0.25) is 0 Å². The van der Waals surface area contributed by atoms with Crippen LogP contribution in [0.25, 0.3) is 42.8 Å². The first-order valence-electron chi connectivity index (χ1n) is 13.5. The van der Waals surface area contributed by atoms with E-state index in [4.69, 9.17) is 10.5 Å². The van der Waals surface area contributed by atoms with Crippen molar-refractivity contribution in [3.8, 4) is 50.5 Å². The number of carbonyl (C=O) groups excluding carboxylic acids is 1. The van der Waals surface area contributed by atoms with Gasteiger partial charge in [0, 0.05) is 79.8 Å². The lowest BCUT2D eigenvalue weighted by Crippen LogP contribution is -2.11. The molecule has 1 amide bonds. The zero-order valence-electron chi connectivity index (χ0n) is 24.1. The number of ether oxygens (including phenoxy) is 1. The predicted octanol–water partition coefficient (Wildman–Crippen LogP) is 6.89. The molecule has 11 heteroatoms. The highest BCUT2D eigenvalue weighted by Crippen LogP contribution is 2.50. The molecule has 0 aliphatic rings. The highest BCUT2D eigenvalue weighted by Gasteiger charge is 2.24. The molecule has 0 saturated carbocycles. The molecule has 3 N–H and O–H groups in total. The van der Waals surface area contributed by atoms with Crippen molar-refractivity contribution >= 4 is 38.8 Å². The zero-order chi connectivity index (χ0) is 31.0. The largest absolute Gasteiger partial charge is 0.424 e. The molecule has 2 aromatic carbocycles. The van der Waals surface area contributed by atoms with Crippen LogP contribution in [-0.2, 0) is 11.8 Å². The Labute approximate surface area is 257 Å². The number of nitrogen functional groups attached to an aromatic ring is 1. The monoisotopic (exact) mass is 598 g/mol. The van der Waals surface area contributed by atoms with Gasteiger partial charge in [-0.2, -0.15) is 10.4 Å². The summed E-state index contributed by atoms with van der Waals surface area (Å²) >= 11 is 1.52. The Bertz CT molecular complexity index is 2120. The van der Waals surface area contributed by atoms with Crippen LogP contribution in [0, 0.1) is 18.3 Å². The number of anilines is 2. The molecule has 0 bridgehead atoms. The highest BCUT2D eigenvalue weighted by molar-refractivity contribution is 7.23. The van der Waals surface area contributed by atoms with Gasteiger partial charge in [-0.05, 0) is 49.7 Å². The molecule has 0 atom stereocenters. The van der Waals surface area contributed by atoms with Gasteiger partial charge in [-0.1, -0.05) is 24.8 Å². The fourth-order valence-corrected chi connectivity index (χ4v) is 6.18. The number of nitriles is 1. The van der Waals surface area contributed by atoms with Gasteiger partial charge in [-0.3, -0.25) is 9.48 Å². The predicted molar refractivity (Wildman–Crippen MR) is 172 cm³/mol. The molecule has 0 unspecified atom stereocenters. The number of hydrogen-bond acceptors (Lipinski definition) is 9. The topological polar surface area (TPSA) is 145 Å². The average Bonchev–Trinajstić information content (AvgIpc) is 3.62. The molecule has 4 heterocycles. The molecule has 0 aliphatic carbocycles. The van der Waals surface area contributed by atoms with E-state index in [1.54, 1.807) is 48.4 Å². The number of amides is 1. The Kier molecular flexibility index (Phi) is 7.34. The molecule has 0 aliphatic heterocycles. The number of aromatic nitrogens is 5. The van der Waals surface area contributed by atoms with E-state index in [0.29, 0.717) is 34.0 Å². The van der Waals surface area contributed by atoms with Crippen LogP contribution >= 0.6 is 11.3 Å². The average molecular weight is 599 g/mol. The van der Waals surface area contributed by atoms with Crippen LogP contribution in [0.5, 0.6) is 11.8 Å². The van der Waals surface area contributed by atoms with E-state index in [0.717, 1.165) is 42.9 Å². The maximum atomic E-state index is 12.3. The summed E-state index contributed by atoms with van der Waals surface area (Å²) < 4.78 is 8.53. The molecule has 0 radical (unpaired) electrons. The van der Waals surface area contributed by atoms with E-state index >= 15 is 0 Å². The number of benzene rings is 2. The van der Waals surface area contributed by atoms with Crippen molar-refractivity contribution in [3.05, 3.63) is 96.7 Å². The summed E-state index contributed by atoms with van der Waals surface area (Å²) in [5, 5.41) is 18.1. The van der Waals surface area contributed by atoms with Crippen molar-refractivity contribution in [2.45, 2.75) is 13.8 Å². The molecule has 4 aromatic heterocycles. The quantitative estimate of drug-likeness (QED) is 0.189. The van der Waals surface area contributed by atoms with Crippen molar-refractivity contribution in [3.63, 3.8) is 0 Å². The molecule has 0 spiro atoms. The standard InChI is InChI=1S/C33H26N8O2S/c1-18(2)32(42)40-23-7-10-25(21(13-23)14-34)29-27(20-5-8-24(9-6-20)43-33-36-12-11-19(3)39-33)28-30(44-29)26(16-37-31(28)35)22-15-38-41(4)17-22/h5-13,15-17H,1H2,2-4H3,(H2,35,37)(H,40,42). The van der Waals surface area contributed by atoms with Crippen LogP contribution in [-0.4, -0.2) is 30.6 Å². The van der Waals surface area contributed by atoms with Gasteiger partial charge in [0.05, 0.1) is 17.8 Å². The smallest absolute Gasteiger partial charge is 0.322 e. The molecule has 0 fully saturated rings. The SMILES string of the molecule is C=C(C)C(=O)Nc1ccc(-c2sc3c(-c4cnn(C)c4)cnc(N)c3c2-c2ccc(Oc3nccc(C)n3)cc2)c(C#N)c1. The Morgan fingerprint density at radius 3 is 2.57 bits per heavy atom. The molecule has 10 nitrogen and oxygen atoms in total. The van der Waals surface area contributed by atoms with E-state index in [1.165, 1.54) is 11.3 Å². The van der Waals surface area contributed by atoms with E-state index in [1.807, 2.05) is 50.5 Å². The number of aryl methyl sites for hydroxylation is 2. The minimum absolute atomic E-state index is 0.256. The lowest BCUT2D eigenvalue weighted by molar-refractivity contribution is -0.112. The first-order chi connectivity index (χ1) is 21.2. The molecule has 216 valence electrons. The van der Waals surface area contributed by atoms with E-state index in [9.17, 15) is 10.1 Å². The third-order valence-corrected chi connectivity index (χ3v) is 8.17. The second kappa shape index (κ2) is 11.4. The van der Waals surface area contributed by atoms with Crippen LogP contribution in [0.3, 0.4) is 0 Å². The molecule has 0 saturated heterocycles. The van der Waals surface area contributed by atoms with Gasteiger partial charge < -0.3 is 15.8 Å². The van der Waals surface area contributed by atoms with Gasteiger partial charge in [0.15, 0.2) is 0 Å². The van der Waals surface area contributed by atoms with Crippen molar-refractivity contribution < 1.29 is 9.53 Å². The number of thiophene rings is 1. The number of nitrogens with one attached hydrogen (secondary N) is 1. The summed E-state index contributed by atoms with van der Waals surface area (Å²) in [5.74, 6) is 0.614. The number of rotatable bonds is 7. The van der Waals surface area contributed by atoms with Gasteiger partial charge in [0.1, 0.15) is 11.6 Å². The van der Waals surface area contributed by atoms with Gasteiger partial charge in [-0.15, -0.1) is 11.3 Å². The lowest BCUT2D eigenvalue weighted by atomic mass is 9.95. The number of fused-ring (bicyclic) bond motifs is 1. The summed E-state index contributed by atoms with van der Waals surface area (Å²) in [4.78, 5) is 26.1. The number of pyridine rings is 1. The van der Waals surface area contributed by atoms with E-state index in [-0.39, 0.29) is 11.9 Å². The van der Waals surface area contributed by atoms with Crippen molar-refractivity contribution in [1.29, 1.82) is 5.26 Å². The molecular weight excluding hydrogens is 572 g/mol. The van der Waals surface area contributed by atoms with Crippen LogP contribution in [0.1, 0.15) is 18.2 Å². The molecular formula is C33H26N8O2S. The molecule has 44 heavy (non-hydrogen) atoms. The van der Waals surface area contributed by atoms with Crippen LogP contribution in [0.4, 0.5) is 11.5 Å². The lowest BCUT2D eigenvalue weighted by Gasteiger charge is -2.11. The minimum atomic E-state index is -0.317. The summed E-state index contributed by atoms with van der Waals surface area (Å²) in [7, 11) is 1.86. The maximum Gasteiger partial charge on any atom is 0.322 e. The van der Waals surface area contributed by atoms with Crippen molar-refractivity contribution in [1.82, 2.24) is 24.7 Å². The second-order valence-electron chi connectivity index (χ2n) is 10.2. The maximum absolute atomic E-state index is 12.3. The Hall–Kier alpha value is -5.86. The van der Waals surface area contributed by atoms with Gasteiger partial charge in [0.25, 0.3) is 5.91 Å². The van der Waals surface area contributed by atoms with Crippen molar-refractivity contribution in [2.75, 3.05) is 11.1 Å². The number of nitrogens with zero attached hydrogens (tertiary/aromatic N) is 6. The number of nitrogens with two attached hydrogens (primary N) is 1. The summed E-state index contributed by atoms with van der Waals surface area (Å²) in [6.45, 7) is 7.19. The van der Waals surface area contributed by atoms with E-state index < -0.39 is 0 Å². The minimum Gasteiger partial charge on any atom is -0.424 e. The summed E-state index contributed by atoms with van der Waals surface area (Å²) in [6.07, 6.45) is 7.10. The summed E-state index contributed by atoms with van der Waals surface area (Å²) in [5.41, 5.74) is 12.8. The van der Waals surface area contributed by atoms with Crippen molar-refractivity contribution in [2.24, 2.45) is 7.05 Å². The number of carbonyl (C=O) groups is 1. The van der Waals surface area contributed by atoms with Gasteiger partial charge >= 0.3 is 6.01 Å². The molecule has 6 rings (SSSR count). The second-order valence-corrected chi connectivity index (χ2v) is 11.2. The zero-order valence-corrected chi connectivity index (χ0v) is 24.9. The van der Waals surface area contributed by atoms with E-state index in [2.05, 4.69) is 38.0 Å². The third kappa shape index (κ3) is 5.37. The third-order valence-electron chi connectivity index (χ3n) is 6.91. The first-order valence-corrected chi connectivity index (χ1v) is 14.3. The normalized spacial score (nSPS) is 10.9. The highest BCUT2D eigenvalue weighted by atomic mass is 32.1. The fourth-order valence-electron chi connectivity index (χ4n) is 4.77. The first kappa shape index (κ1) is 28.3.